The molecule has 0 heterocycles. The van der Waals surface area contributed by atoms with E-state index in [2.05, 4.69) is 17.4 Å². The summed E-state index contributed by atoms with van der Waals surface area (Å²) in [5.74, 6) is 0. The smallest absolute Gasteiger partial charge is 0.0202 e. The van der Waals surface area contributed by atoms with E-state index < -0.39 is 0 Å². The first kappa shape index (κ1) is 5.67. The third kappa shape index (κ3) is 1.03. The molecule has 1 aliphatic carbocycles. The summed E-state index contributed by atoms with van der Waals surface area (Å²) in [4.78, 5) is 2.09. The quantitative estimate of drug-likeness (QED) is 0.489. The molecule has 8 heavy (non-hydrogen) atoms. The zero-order valence-corrected chi connectivity index (χ0v) is 5.44. The molecule has 0 unspecified atom stereocenters. The first-order chi connectivity index (χ1) is 3.80. The van der Waals surface area contributed by atoms with E-state index in [1.807, 2.05) is 14.1 Å². The first-order valence-corrected chi connectivity index (χ1v) is 2.92. The fourth-order valence-corrected chi connectivity index (χ4v) is 0.822. The fraction of sp³-hybridized carbons (Fsp3) is 0.571. The lowest BCUT2D eigenvalue weighted by molar-refractivity contribution is 0.520. The molecule has 0 bridgehead atoms. The summed E-state index contributed by atoms with van der Waals surface area (Å²) >= 11 is 0. The fourth-order valence-electron chi connectivity index (χ4n) is 0.822. The van der Waals surface area contributed by atoms with Gasteiger partial charge in [-0.1, -0.05) is 0 Å². The van der Waals surface area contributed by atoms with Crippen molar-refractivity contribution >= 4 is 0 Å². The van der Waals surface area contributed by atoms with Crippen LogP contribution in [-0.4, -0.2) is 19.0 Å². The van der Waals surface area contributed by atoms with Gasteiger partial charge in [-0.15, -0.1) is 0 Å². The average molecular weight is 109 g/mol. The Kier molecular flexibility index (Phi) is 1.56. The molecule has 0 aromatic carbocycles. The van der Waals surface area contributed by atoms with Crippen LogP contribution in [-0.2, 0) is 0 Å². The number of allylic oxidation sites excluding steroid dienone is 2. The molecule has 1 rings (SSSR count). The lowest BCUT2D eigenvalue weighted by Crippen LogP contribution is -2.08. The Morgan fingerprint density at radius 1 is 1.62 bits per heavy atom. The second kappa shape index (κ2) is 2.21. The normalized spacial score (nSPS) is 18.5. The zero-order valence-electron chi connectivity index (χ0n) is 5.44. The maximum absolute atomic E-state index is 3.24. The van der Waals surface area contributed by atoms with Crippen LogP contribution in [0.5, 0.6) is 0 Å². The molecule has 1 heteroatoms. The molecule has 0 saturated carbocycles. The van der Waals surface area contributed by atoms with Crippen molar-refractivity contribution in [1.82, 2.24) is 4.90 Å². The molecule has 0 N–H and O–H groups in total. The molecular formula is C7H11N. The second-order valence-corrected chi connectivity index (χ2v) is 2.20. The van der Waals surface area contributed by atoms with E-state index in [4.69, 9.17) is 0 Å². The largest absolute Gasteiger partial charge is 0.380 e. The van der Waals surface area contributed by atoms with E-state index >= 15 is 0 Å². The first-order valence-electron chi connectivity index (χ1n) is 2.92. The van der Waals surface area contributed by atoms with Gasteiger partial charge in [0, 0.05) is 26.2 Å². The highest BCUT2D eigenvalue weighted by atomic mass is 15.1. The molecule has 1 aliphatic rings. The second-order valence-electron chi connectivity index (χ2n) is 2.20. The van der Waals surface area contributed by atoms with Crippen molar-refractivity contribution in [1.29, 1.82) is 0 Å². The minimum atomic E-state index is 1.10. The summed E-state index contributed by atoms with van der Waals surface area (Å²) in [6, 6.07) is 0. The number of nitrogens with zero attached hydrogens (tertiary/aromatic N) is 1. The van der Waals surface area contributed by atoms with Crippen molar-refractivity contribution in [2.45, 2.75) is 12.8 Å². The summed E-state index contributed by atoms with van der Waals surface area (Å²) in [6.45, 7) is 0. The highest BCUT2D eigenvalue weighted by Crippen LogP contribution is 2.15. The van der Waals surface area contributed by atoms with Crippen molar-refractivity contribution in [3.8, 4) is 0 Å². The standard InChI is InChI=1S/C7H11N/c1-8(2)7-5-3-4-6-7/h5H,3-4H2,1-2H3. The predicted molar refractivity (Wildman–Crippen MR) is 34.0 cm³/mol. The molecule has 0 aliphatic heterocycles. The monoisotopic (exact) mass is 109 g/mol. The summed E-state index contributed by atoms with van der Waals surface area (Å²) in [5.41, 5.74) is 1.25. The molecule has 0 amide bonds. The number of hydrogen-bond acceptors (Lipinski definition) is 1. The molecule has 1 nitrogen and oxygen atoms in total. The van der Waals surface area contributed by atoms with Gasteiger partial charge in [-0.25, -0.2) is 0 Å². The van der Waals surface area contributed by atoms with Crippen LogP contribution in [0.4, 0.5) is 0 Å². The van der Waals surface area contributed by atoms with Crippen molar-refractivity contribution in [3.63, 3.8) is 0 Å². The van der Waals surface area contributed by atoms with Crippen molar-refractivity contribution in [2.24, 2.45) is 0 Å². The molecular weight excluding hydrogens is 98.1 g/mol. The number of rotatable bonds is 1. The van der Waals surface area contributed by atoms with Gasteiger partial charge in [-0.05, 0) is 18.9 Å². The molecule has 2 radical (unpaired) electrons. The Bertz CT molecular complexity index is 103. The van der Waals surface area contributed by atoms with E-state index in [1.54, 1.807) is 0 Å². The Morgan fingerprint density at radius 2 is 2.38 bits per heavy atom. The summed E-state index contributed by atoms with van der Waals surface area (Å²) in [7, 11) is 4.09. The molecule has 0 spiro atoms. The van der Waals surface area contributed by atoms with Crippen molar-refractivity contribution in [2.75, 3.05) is 14.1 Å². The van der Waals surface area contributed by atoms with Crippen LogP contribution >= 0.6 is 0 Å². The van der Waals surface area contributed by atoms with Crippen molar-refractivity contribution < 1.29 is 0 Å². The highest BCUT2D eigenvalue weighted by Gasteiger charge is 2.05. The Balaban J connectivity index is 2.45. The zero-order chi connectivity index (χ0) is 5.98. The van der Waals surface area contributed by atoms with E-state index in [9.17, 15) is 0 Å². The minimum absolute atomic E-state index is 1.10. The van der Waals surface area contributed by atoms with Gasteiger partial charge < -0.3 is 4.90 Å². The SMILES string of the molecule is CN(C)C1=[C]CC[CH]1. The Labute approximate surface area is 51.0 Å². The molecule has 0 fully saturated rings. The predicted octanol–water partition coefficient (Wildman–Crippen LogP) is 1.23. The van der Waals surface area contributed by atoms with Crippen molar-refractivity contribution in [3.05, 3.63) is 18.2 Å². The maximum atomic E-state index is 3.24. The molecule has 0 aromatic rings. The van der Waals surface area contributed by atoms with Gasteiger partial charge in [0.25, 0.3) is 0 Å². The molecule has 44 valence electrons. The Hall–Kier alpha value is -0.460. The summed E-state index contributed by atoms with van der Waals surface area (Å²) in [6.07, 6.45) is 7.73. The van der Waals surface area contributed by atoms with E-state index in [-0.39, 0.29) is 0 Å². The third-order valence-electron chi connectivity index (χ3n) is 1.27. The number of hydrogen-bond donors (Lipinski definition) is 0. The van der Waals surface area contributed by atoms with Gasteiger partial charge >= 0.3 is 0 Å². The van der Waals surface area contributed by atoms with Crippen LogP contribution in [0.15, 0.2) is 5.70 Å². The van der Waals surface area contributed by atoms with Crippen LogP contribution in [0.1, 0.15) is 12.8 Å². The van der Waals surface area contributed by atoms with E-state index in [0.29, 0.717) is 0 Å². The molecule has 0 saturated heterocycles. The van der Waals surface area contributed by atoms with Crippen LogP contribution in [0, 0.1) is 12.5 Å². The van der Waals surface area contributed by atoms with Gasteiger partial charge in [0.05, 0.1) is 0 Å². The topological polar surface area (TPSA) is 3.24 Å². The van der Waals surface area contributed by atoms with Crippen LogP contribution in [0.2, 0.25) is 0 Å². The van der Waals surface area contributed by atoms with E-state index in [1.165, 1.54) is 12.1 Å². The highest BCUT2D eigenvalue weighted by molar-refractivity contribution is 5.12. The summed E-state index contributed by atoms with van der Waals surface area (Å²) < 4.78 is 0. The van der Waals surface area contributed by atoms with Gasteiger partial charge in [0.1, 0.15) is 0 Å². The van der Waals surface area contributed by atoms with Gasteiger partial charge in [-0.3, -0.25) is 0 Å². The third-order valence-corrected chi connectivity index (χ3v) is 1.27. The Morgan fingerprint density at radius 3 is 2.62 bits per heavy atom. The average Bonchev–Trinajstić information content (AvgIpc) is 2.12. The van der Waals surface area contributed by atoms with Crippen LogP contribution < -0.4 is 0 Å². The minimum Gasteiger partial charge on any atom is -0.380 e. The summed E-state index contributed by atoms with van der Waals surface area (Å²) in [5, 5.41) is 0. The lowest BCUT2D eigenvalue weighted by atomic mass is 10.3. The molecule has 0 atom stereocenters. The lowest BCUT2D eigenvalue weighted by Gasteiger charge is -2.11. The van der Waals surface area contributed by atoms with Gasteiger partial charge in [0.2, 0.25) is 0 Å². The van der Waals surface area contributed by atoms with E-state index in [0.717, 1.165) is 6.42 Å². The molecule has 0 aromatic heterocycles. The van der Waals surface area contributed by atoms with Crippen LogP contribution in [0.3, 0.4) is 0 Å². The van der Waals surface area contributed by atoms with Gasteiger partial charge in [0.15, 0.2) is 0 Å². The maximum Gasteiger partial charge on any atom is 0.0202 e. The van der Waals surface area contributed by atoms with Gasteiger partial charge in [-0.2, -0.15) is 0 Å². The van der Waals surface area contributed by atoms with Crippen LogP contribution in [0.25, 0.3) is 0 Å².